The average Bonchev–Trinajstić information content (AvgIpc) is 2.83. The van der Waals surface area contributed by atoms with Crippen LogP contribution >= 0.6 is 0 Å². The van der Waals surface area contributed by atoms with Crippen molar-refractivity contribution in [2.75, 3.05) is 38.5 Å². The summed E-state index contributed by atoms with van der Waals surface area (Å²) in [6.45, 7) is 7.61. The third kappa shape index (κ3) is 5.16. The van der Waals surface area contributed by atoms with E-state index in [1.165, 1.54) is 11.1 Å². The fourth-order valence-electron chi connectivity index (χ4n) is 4.22. The Morgan fingerprint density at radius 2 is 1.73 bits per heavy atom. The Balaban J connectivity index is 1.26. The lowest BCUT2D eigenvalue weighted by atomic mass is 10.1. The van der Waals surface area contributed by atoms with E-state index in [1.54, 1.807) is 12.4 Å². The van der Waals surface area contributed by atoms with Crippen LogP contribution in [-0.4, -0.2) is 63.2 Å². The van der Waals surface area contributed by atoms with Gasteiger partial charge in [-0.2, -0.15) is 10.2 Å². The molecule has 0 amide bonds. The van der Waals surface area contributed by atoms with E-state index in [1.807, 2.05) is 31.2 Å². The number of aromatic nitrogens is 4. The zero-order valence-corrected chi connectivity index (χ0v) is 19.2. The second-order valence-electron chi connectivity index (χ2n) is 8.79. The molecule has 2 aromatic carbocycles. The van der Waals surface area contributed by atoms with E-state index in [0.29, 0.717) is 6.42 Å². The van der Waals surface area contributed by atoms with Crippen molar-refractivity contribution in [2.45, 2.75) is 19.9 Å². The highest BCUT2D eigenvalue weighted by Crippen LogP contribution is 2.25. The number of benzene rings is 2. The number of anilines is 2. The molecule has 1 aliphatic rings. The van der Waals surface area contributed by atoms with Crippen LogP contribution < -0.4 is 5.32 Å². The van der Waals surface area contributed by atoms with Gasteiger partial charge in [0, 0.05) is 50.7 Å². The molecule has 7 heteroatoms. The summed E-state index contributed by atoms with van der Waals surface area (Å²) in [5.41, 5.74) is 5.45. The molecule has 1 aliphatic heterocycles. The van der Waals surface area contributed by atoms with E-state index in [2.05, 4.69) is 61.6 Å². The van der Waals surface area contributed by atoms with Crippen LogP contribution in [0.1, 0.15) is 22.5 Å². The van der Waals surface area contributed by atoms with Gasteiger partial charge in [0.15, 0.2) is 0 Å². The number of likely N-dealkylation sites (N-methyl/N-ethyl adjacent to an activating group) is 1. The van der Waals surface area contributed by atoms with Gasteiger partial charge in [0.25, 0.3) is 0 Å². The molecule has 33 heavy (non-hydrogen) atoms. The smallest absolute Gasteiger partial charge is 0.135 e. The number of nitrogens with zero attached hydrogens (tertiary/aromatic N) is 6. The van der Waals surface area contributed by atoms with Gasteiger partial charge in [-0.1, -0.05) is 42.5 Å². The maximum Gasteiger partial charge on any atom is 0.135 e. The lowest BCUT2D eigenvalue weighted by Gasteiger charge is -2.32. The molecule has 168 valence electrons. The second kappa shape index (κ2) is 9.60. The van der Waals surface area contributed by atoms with Gasteiger partial charge in [0.1, 0.15) is 11.6 Å². The highest BCUT2D eigenvalue weighted by molar-refractivity contribution is 5.93. The van der Waals surface area contributed by atoms with Gasteiger partial charge >= 0.3 is 0 Å². The standard InChI is InChI=1S/C26H29N7/c1-19-4-3-5-22-23(17-28-31-26(19)22)29-24-10-11-27-25(30-24)16-20-6-8-21(9-7-20)18-33-14-12-32(2)13-15-33/h3-11,17H,12-16,18H2,1-2H3,(H,27,29,30,31). The van der Waals surface area contributed by atoms with Crippen molar-refractivity contribution < 1.29 is 0 Å². The molecule has 3 heterocycles. The average molecular weight is 440 g/mol. The third-order valence-electron chi connectivity index (χ3n) is 6.23. The Kier molecular flexibility index (Phi) is 6.24. The molecule has 0 bridgehead atoms. The zero-order valence-electron chi connectivity index (χ0n) is 19.2. The lowest BCUT2D eigenvalue weighted by Crippen LogP contribution is -2.43. The van der Waals surface area contributed by atoms with E-state index in [4.69, 9.17) is 4.98 Å². The van der Waals surface area contributed by atoms with Crippen LogP contribution in [0.25, 0.3) is 10.9 Å². The van der Waals surface area contributed by atoms with Gasteiger partial charge in [-0.25, -0.2) is 9.97 Å². The van der Waals surface area contributed by atoms with Crippen LogP contribution in [0.4, 0.5) is 11.5 Å². The Morgan fingerprint density at radius 3 is 2.55 bits per heavy atom. The van der Waals surface area contributed by atoms with Crippen molar-refractivity contribution >= 4 is 22.4 Å². The van der Waals surface area contributed by atoms with Crippen molar-refractivity contribution in [1.82, 2.24) is 30.0 Å². The predicted molar refractivity (Wildman–Crippen MR) is 132 cm³/mol. The number of hydrogen-bond donors (Lipinski definition) is 1. The molecular weight excluding hydrogens is 410 g/mol. The highest BCUT2D eigenvalue weighted by Gasteiger charge is 2.14. The first-order valence-corrected chi connectivity index (χ1v) is 11.4. The van der Waals surface area contributed by atoms with Crippen LogP contribution in [0.3, 0.4) is 0 Å². The molecule has 0 unspecified atom stereocenters. The lowest BCUT2D eigenvalue weighted by molar-refractivity contribution is 0.148. The quantitative estimate of drug-likeness (QED) is 0.490. The van der Waals surface area contributed by atoms with Gasteiger partial charge in [0.2, 0.25) is 0 Å². The fraction of sp³-hybridized carbons (Fsp3) is 0.308. The summed E-state index contributed by atoms with van der Waals surface area (Å²) < 4.78 is 0. The SMILES string of the molecule is Cc1cccc2c(Nc3ccnc(Cc4ccc(CN5CCN(C)CC5)cc4)n3)cnnc12. The predicted octanol–water partition coefficient (Wildman–Crippen LogP) is 3.81. The first-order valence-electron chi connectivity index (χ1n) is 11.4. The van der Waals surface area contributed by atoms with Crippen molar-refractivity contribution in [3.63, 3.8) is 0 Å². The molecule has 1 N–H and O–H groups in total. The van der Waals surface area contributed by atoms with Gasteiger partial charge < -0.3 is 10.2 Å². The Labute approximate surface area is 194 Å². The number of hydrogen-bond acceptors (Lipinski definition) is 7. The van der Waals surface area contributed by atoms with Crippen molar-refractivity contribution in [3.05, 3.63) is 83.4 Å². The summed E-state index contributed by atoms with van der Waals surface area (Å²) in [4.78, 5) is 14.1. The van der Waals surface area contributed by atoms with E-state index >= 15 is 0 Å². The molecule has 1 saturated heterocycles. The van der Waals surface area contributed by atoms with E-state index in [-0.39, 0.29) is 0 Å². The monoisotopic (exact) mass is 439 g/mol. The topological polar surface area (TPSA) is 70.1 Å². The highest BCUT2D eigenvalue weighted by atomic mass is 15.2. The van der Waals surface area contributed by atoms with Crippen LogP contribution in [0.15, 0.2) is 60.9 Å². The van der Waals surface area contributed by atoms with Crippen LogP contribution in [-0.2, 0) is 13.0 Å². The van der Waals surface area contributed by atoms with Gasteiger partial charge in [0.05, 0.1) is 17.4 Å². The molecule has 0 spiro atoms. The van der Waals surface area contributed by atoms with Gasteiger partial charge in [-0.05, 0) is 36.7 Å². The molecule has 4 aromatic rings. The number of nitrogens with one attached hydrogen (secondary N) is 1. The molecule has 7 nitrogen and oxygen atoms in total. The summed E-state index contributed by atoms with van der Waals surface area (Å²) in [5, 5.41) is 12.9. The van der Waals surface area contributed by atoms with E-state index < -0.39 is 0 Å². The Hall–Kier alpha value is -3.42. The van der Waals surface area contributed by atoms with Crippen LogP contribution in [0.5, 0.6) is 0 Å². The number of piperazine rings is 1. The summed E-state index contributed by atoms with van der Waals surface area (Å²) in [6.07, 6.45) is 4.23. The summed E-state index contributed by atoms with van der Waals surface area (Å²) in [7, 11) is 2.19. The molecule has 5 rings (SSSR count). The molecular formula is C26H29N7. The fourth-order valence-corrected chi connectivity index (χ4v) is 4.22. The summed E-state index contributed by atoms with van der Waals surface area (Å²) in [5.74, 6) is 1.54. The third-order valence-corrected chi connectivity index (χ3v) is 6.23. The van der Waals surface area contributed by atoms with Crippen molar-refractivity contribution in [1.29, 1.82) is 0 Å². The van der Waals surface area contributed by atoms with Crippen molar-refractivity contribution in [3.8, 4) is 0 Å². The second-order valence-corrected chi connectivity index (χ2v) is 8.79. The maximum absolute atomic E-state index is 4.73. The van der Waals surface area contributed by atoms with E-state index in [9.17, 15) is 0 Å². The molecule has 1 fully saturated rings. The zero-order chi connectivity index (χ0) is 22.6. The minimum atomic E-state index is 0.693. The molecule has 0 aliphatic carbocycles. The van der Waals surface area contributed by atoms with E-state index in [0.717, 1.165) is 66.5 Å². The molecule has 0 saturated carbocycles. The van der Waals surface area contributed by atoms with Gasteiger partial charge in [-0.15, -0.1) is 0 Å². The first-order chi connectivity index (χ1) is 16.1. The largest absolute Gasteiger partial charge is 0.338 e. The number of rotatable bonds is 6. The minimum absolute atomic E-state index is 0.693. The van der Waals surface area contributed by atoms with Crippen LogP contribution in [0.2, 0.25) is 0 Å². The molecule has 2 aromatic heterocycles. The molecule has 0 radical (unpaired) electrons. The molecule has 0 atom stereocenters. The summed E-state index contributed by atoms with van der Waals surface area (Å²) >= 11 is 0. The number of fused-ring (bicyclic) bond motifs is 1. The van der Waals surface area contributed by atoms with Crippen LogP contribution in [0, 0.1) is 6.92 Å². The normalized spacial score (nSPS) is 15.1. The first kappa shape index (κ1) is 21.4. The number of aryl methyl sites for hydroxylation is 1. The summed E-state index contributed by atoms with van der Waals surface area (Å²) in [6, 6.07) is 16.8. The Bertz CT molecular complexity index is 1230. The Morgan fingerprint density at radius 1 is 0.939 bits per heavy atom. The maximum atomic E-state index is 4.73. The van der Waals surface area contributed by atoms with Gasteiger partial charge in [-0.3, -0.25) is 4.90 Å². The van der Waals surface area contributed by atoms with Crippen molar-refractivity contribution in [2.24, 2.45) is 0 Å². The minimum Gasteiger partial charge on any atom is -0.338 e.